The maximum atomic E-state index is 13.3. The second kappa shape index (κ2) is 5.41. The van der Waals surface area contributed by atoms with Crippen LogP contribution in [0.1, 0.15) is 13.8 Å². The van der Waals surface area contributed by atoms with E-state index in [1.165, 1.54) is 13.8 Å². The Labute approximate surface area is 105 Å². The summed E-state index contributed by atoms with van der Waals surface area (Å²) >= 11 is 0. The molecule has 19 heavy (non-hydrogen) atoms. The summed E-state index contributed by atoms with van der Waals surface area (Å²) in [4.78, 5) is 10.8. The molecule has 0 saturated carbocycles. The molecule has 0 aliphatic carbocycles. The van der Waals surface area contributed by atoms with E-state index in [2.05, 4.69) is 0 Å². The summed E-state index contributed by atoms with van der Waals surface area (Å²) < 4.78 is 65.2. The number of hydrogen-bond donors (Lipinski definition) is 2. The van der Waals surface area contributed by atoms with Gasteiger partial charge in [-0.2, -0.15) is 0 Å². The molecule has 106 valence electrons. The van der Waals surface area contributed by atoms with E-state index < -0.39 is 52.7 Å². The lowest BCUT2D eigenvalue weighted by Crippen LogP contribution is -2.35. The van der Waals surface area contributed by atoms with Crippen molar-refractivity contribution >= 4 is 11.7 Å². The molecule has 0 aromatic heterocycles. The number of carbonyl (C=O) groups is 1. The highest BCUT2D eigenvalue weighted by molar-refractivity contribution is 5.77. The molecule has 1 rings (SSSR count). The summed E-state index contributed by atoms with van der Waals surface area (Å²) in [5.41, 5.74) is -1.35. The Morgan fingerprint density at radius 1 is 0.947 bits per heavy atom. The summed E-state index contributed by atoms with van der Waals surface area (Å²) in [6.07, 6.45) is 0. The zero-order valence-corrected chi connectivity index (χ0v) is 9.90. The summed E-state index contributed by atoms with van der Waals surface area (Å²) in [5, 5.41) is 10.6. The summed E-state index contributed by atoms with van der Waals surface area (Å²) in [5.74, 6) is -12.8. The first-order chi connectivity index (χ1) is 8.68. The number of aliphatic carboxylic acids is 1. The van der Waals surface area contributed by atoms with Crippen LogP contribution in [0.5, 0.6) is 0 Å². The van der Waals surface area contributed by atoms with E-state index in [-0.39, 0.29) is 0 Å². The van der Waals surface area contributed by atoms with Gasteiger partial charge < -0.3 is 10.4 Å². The molecule has 8 heteroatoms. The Morgan fingerprint density at radius 3 is 1.63 bits per heavy atom. The Hall–Kier alpha value is -1.86. The van der Waals surface area contributed by atoms with Crippen molar-refractivity contribution < 1.29 is 31.9 Å². The number of rotatable bonds is 4. The summed E-state index contributed by atoms with van der Waals surface area (Å²) in [7, 11) is 0. The number of anilines is 1. The maximum Gasteiger partial charge on any atom is 0.326 e. The Kier molecular flexibility index (Phi) is 4.33. The molecule has 0 heterocycles. The van der Waals surface area contributed by atoms with Gasteiger partial charge in [-0.3, -0.25) is 0 Å². The van der Waals surface area contributed by atoms with Gasteiger partial charge in [0.1, 0.15) is 11.7 Å². The first-order valence-electron chi connectivity index (χ1n) is 5.19. The molecule has 0 bridgehead atoms. The van der Waals surface area contributed by atoms with Gasteiger partial charge in [0.05, 0.1) is 0 Å². The van der Waals surface area contributed by atoms with Crippen LogP contribution in [0, 0.1) is 35.0 Å². The van der Waals surface area contributed by atoms with Gasteiger partial charge in [0.25, 0.3) is 0 Å². The number of nitrogens with one attached hydrogen (secondary N) is 1. The summed E-state index contributed by atoms with van der Waals surface area (Å²) in [6, 6.07) is -1.49. The zero-order chi connectivity index (χ0) is 14.9. The quantitative estimate of drug-likeness (QED) is 0.507. The molecule has 0 spiro atoms. The number of benzene rings is 1. The van der Waals surface area contributed by atoms with E-state index in [1.807, 2.05) is 5.32 Å². The number of carboxylic acids is 1. The molecule has 0 amide bonds. The van der Waals surface area contributed by atoms with E-state index in [0.717, 1.165) is 0 Å². The number of halogens is 5. The predicted octanol–water partition coefficient (Wildman–Crippen LogP) is 2.90. The van der Waals surface area contributed by atoms with Gasteiger partial charge in [0.2, 0.25) is 5.82 Å². The van der Waals surface area contributed by atoms with Crippen LogP contribution in [-0.4, -0.2) is 17.1 Å². The van der Waals surface area contributed by atoms with Gasteiger partial charge in [-0.25, -0.2) is 26.7 Å². The van der Waals surface area contributed by atoms with Gasteiger partial charge in [-0.15, -0.1) is 0 Å². The van der Waals surface area contributed by atoms with Crippen molar-refractivity contribution in [2.45, 2.75) is 19.9 Å². The molecule has 0 radical (unpaired) electrons. The van der Waals surface area contributed by atoms with Crippen molar-refractivity contribution in [2.24, 2.45) is 5.92 Å². The first-order valence-corrected chi connectivity index (χ1v) is 5.19. The van der Waals surface area contributed by atoms with Crippen LogP contribution in [-0.2, 0) is 4.79 Å². The minimum Gasteiger partial charge on any atom is -0.480 e. The lowest BCUT2D eigenvalue weighted by Gasteiger charge is -2.20. The maximum absolute atomic E-state index is 13.3. The second-order valence-electron chi connectivity index (χ2n) is 4.15. The molecular weight excluding hydrogens is 273 g/mol. The third kappa shape index (κ3) is 2.77. The van der Waals surface area contributed by atoms with Crippen LogP contribution in [0.15, 0.2) is 0 Å². The van der Waals surface area contributed by atoms with Crippen molar-refractivity contribution in [1.82, 2.24) is 0 Å². The van der Waals surface area contributed by atoms with Crippen LogP contribution < -0.4 is 5.32 Å². The highest BCUT2D eigenvalue weighted by atomic mass is 19.2. The molecule has 3 nitrogen and oxygen atoms in total. The SMILES string of the molecule is CC(C)[C@H](Nc1c(F)c(F)c(F)c(F)c1F)C(=O)O. The van der Waals surface area contributed by atoms with Gasteiger partial charge >= 0.3 is 5.97 Å². The van der Waals surface area contributed by atoms with Gasteiger partial charge in [0.15, 0.2) is 23.3 Å². The standard InChI is InChI=1S/C11H10F5NO2/c1-3(2)9(11(18)19)17-10-7(15)5(13)4(12)6(14)8(10)16/h3,9,17H,1-2H3,(H,18,19)/t9-/m0/s1. The average molecular weight is 283 g/mol. The van der Waals surface area contributed by atoms with Crippen LogP contribution in [0.4, 0.5) is 27.6 Å². The first kappa shape index (κ1) is 15.2. The monoisotopic (exact) mass is 283 g/mol. The lowest BCUT2D eigenvalue weighted by molar-refractivity contribution is -0.138. The Bertz CT molecular complexity index is 489. The van der Waals surface area contributed by atoms with Crippen molar-refractivity contribution in [3.63, 3.8) is 0 Å². The van der Waals surface area contributed by atoms with Crippen LogP contribution in [0.3, 0.4) is 0 Å². The minimum atomic E-state index is -2.29. The van der Waals surface area contributed by atoms with E-state index in [0.29, 0.717) is 0 Å². The van der Waals surface area contributed by atoms with Gasteiger partial charge in [-0.1, -0.05) is 13.8 Å². The minimum absolute atomic E-state index is 0.632. The fraction of sp³-hybridized carbons (Fsp3) is 0.364. The third-order valence-electron chi connectivity index (χ3n) is 2.44. The smallest absolute Gasteiger partial charge is 0.326 e. The van der Waals surface area contributed by atoms with Crippen molar-refractivity contribution in [3.8, 4) is 0 Å². The molecule has 0 aliphatic heterocycles. The highest BCUT2D eigenvalue weighted by Gasteiger charge is 2.30. The highest BCUT2D eigenvalue weighted by Crippen LogP contribution is 2.28. The topological polar surface area (TPSA) is 49.3 Å². The predicted molar refractivity (Wildman–Crippen MR) is 56.1 cm³/mol. The molecule has 1 aromatic rings. The average Bonchev–Trinajstić information content (AvgIpc) is 2.33. The van der Waals surface area contributed by atoms with Crippen LogP contribution >= 0.6 is 0 Å². The van der Waals surface area contributed by atoms with Gasteiger partial charge in [0, 0.05) is 0 Å². The van der Waals surface area contributed by atoms with Crippen LogP contribution in [0.25, 0.3) is 0 Å². The third-order valence-corrected chi connectivity index (χ3v) is 2.44. The fourth-order valence-electron chi connectivity index (χ4n) is 1.40. The molecule has 1 aromatic carbocycles. The zero-order valence-electron chi connectivity index (χ0n) is 9.90. The normalized spacial score (nSPS) is 12.6. The lowest BCUT2D eigenvalue weighted by atomic mass is 10.0. The largest absolute Gasteiger partial charge is 0.480 e. The molecule has 0 saturated heterocycles. The molecule has 0 fully saturated rings. The van der Waals surface area contributed by atoms with E-state index in [4.69, 9.17) is 5.11 Å². The molecule has 1 atom stereocenters. The molecule has 0 aliphatic rings. The number of hydrogen-bond acceptors (Lipinski definition) is 2. The van der Waals surface area contributed by atoms with Gasteiger partial charge in [-0.05, 0) is 5.92 Å². The second-order valence-corrected chi connectivity index (χ2v) is 4.15. The summed E-state index contributed by atoms with van der Waals surface area (Å²) in [6.45, 7) is 2.83. The van der Waals surface area contributed by atoms with Crippen LogP contribution in [0.2, 0.25) is 0 Å². The Balaban J connectivity index is 3.32. The van der Waals surface area contributed by atoms with Crippen molar-refractivity contribution in [1.29, 1.82) is 0 Å². The van der Waals surface area contributed by atoms with E-state index >= 15 is 0 Å². The fourth-order valence-corrected chi connectivity index (χ4v) is 1.40. The van der Waals surface area contributed by atoms with Crippen molar-refractivity contribution in [3.05, 3.63) is 29.1 Å². The number of carboxylic acid groups (broad SMARTS) is 1. The van der Waals surface area contributed by atoms with Crippen molar-refractivity contribution in [2.75, 3.05) is 5.32 Å². The Morgan fingerprint density at radius 2 is 1.32 bits per heavy atom. The molecule has 2 N–H and O–H groups in total. The van der Waals surface area contributed by atoms with E-state index in [9.17, 15) is 26.7 Å². The van der Waals surface area contributed by atoms with E-state index in [1.54, 1.807) is 0 Å². The molecular formula is C11H10F5NO2. The molecule has 0 unspecified atom stereocenters.